The summed E-state index contributed by atoms with van der Waals surface area (Å²) in [4.78, 5) is 11.1. The number of hydrogen-bond acceptors (Lipinski definition) is 3. The highest BCUT2D eigenvalue weighted by molar-refractivity contribution is 5.86. The van der Waals surface area contributed by atoms with Crippen LogP contribution in [0.2, 0.25) is 0 Å². The van der Waals surface area contributed by atoms with Crippen LogP contribution in [0, 0.1) is 0 Å². The van der Waals surface area contributed by atoms with E-state index in [9.17, 15) is 9.90 Å². The van der Waals surface area contributed by atoms with Crippen molar-refractivity contribution >= 4 is 5.97 Å². The molecule has 15 heavy (non-hydrogen) atoms. The van der Waals surface area contributed by atoms with Gasteiger partial charge in [-0.3, -0.25) is 4.79 Å². The van der Waals surface area contributed by atoms with Gasteiger partial charge in [0.15, 0.2) is 0 Å². The van der Waals surface area contributed by atoms with Crippen LogP contribution in [-0.2, 0) is 10.2 Å². The Morgan fingerprint density at radius 1 is 1.47 bits per heavy atom. The van der Waals surface area contributed by atoms with Crippen LogP contribution in [0.3, 0.4) is 0 Å². The smallest absolute Gasteiger partial charge is 0.314 e. The van der Waals surface area contributed by atoms with Gasteiger partial charge in [-0.1, -0.05) is 0 Å². The van der Waals surface area contributed by atoms with E-state index in [1.165, 1.54) is 19.2 Å². The molecule has 1 aliphatic carbocycles. The van der Waals surface area contributed by atoms with E-state index >= 15 is 0 Å². The second-order valence-corrected chi connectivity index (χ2v) is 3.77. The lowest BCUT2D eigenvalue weighted by atomic mass is 9.95. The summed E-state index contributed by atoms with van der Waals surface area (Å²) in [5.41, 5.74) is -0.276. The molecule has 2 N–H and O–H groups in total. The zero-order valence-corrected chi connectivity index (χ0v) is 8.36. The Labute approximate surface area is 87.1 Å². The normalized spacial score (nSPS) is 17.1. The van der Waals surface area contributed by atoms with Crippen molar-refractivity contribution in [2.24, 2.45) is 0 Å². The number of aliphatic carboxylic acids is 1. The number of carboxylic acid groups (broad SMARTS) is 1. The SMILES string of the molecule is COc1ccc(O)cc1C1(C(=O)O)CC1. The Balaban J connectivity index is 2.51. The zero-order valence-electron chi connectivity index (χ0n) is 8.36. The maximum absolute atomic E-state index is 11.1. The monoisotopic (exact) mass is 208 g/mol. The number of ether oxygens (including phenoxy) is 1. The molecule has 0 aliphatic heterocycles. The summed E-state index contributed by atoms with van der Waals surface area (Å²) in [6.45, 7) is 0. The van der Waals surface area contributed by atoms with Crippen molar-refractivity contribution in [2.75, 3.05) is 7.11 Å². The topological polar surface area (TPSA) is 66.8 Å². The number of methoxy groups -OCH3 is 1. The molecular formula is C11H12O4. The summed E-state index contributed by atoms with van der Waals surface area (Å²) in [5, 5.41) is 18.5. The first-order valence-corrected chi connectivity index (χ1v) is 4.71. The second kappa shape index (κ2) is 3.15. The predicted molar refractivity (Wildman–Crippen MR) is 53.2 cm³/mol. The van der Waals surface area contributed by atoms with Gasteiger partial charge in [0.1, 0.15) is 11.5 Å². The van der Waals surface area contributed by atoms with Crippen molar-refractivity contribution in [3.63, 3.8) is 0 Å². The Morgan fingerprint density at radius 2 is 2.13 bits per heavy atom. The minimum absolute atomic E-state index is 0.0679. The van der Waals surface area contributed by atoms with E-state index in [1.807, 2.05) is 0 Å². The van der Waals surface area contributed by atoms with Crippen LogP contribution in [0.5, 0.6) is 11.5 Å². The van der Waals surface area contributed by atoms with Gasteiger partial charge < -0.3 is 14.9 Å². The Kier molecular flexibility index (Phi) is 2.07. The van der Waals surface area contributed by atoms with Crippen LogP contribution in [0.1, 0.15) is 18.4 Å². The second-order valence-electron chi connectivity index (χ2n) is 3.77. The average Bonchev–Trinajstić information content (AvgIpc) is 2.98. The summed E-state index contributed by atoms with van der Waals surface area (Å²) in [5.74, 6) is -0.266. The van der Waals surface area contributed by atoms with Crippen molar-refractivity contribution in [3.05, 3.63) is 23.8 Å². The van der Waals surface area contributed by atoms with Gasteiger partial charge in [0.2, 0.25) is 0 Å². The number of carbonyl (C=O) groups is 1. The lowest BCUT2D eigenvalue weighted by Gasteiger charge is -2.14. The van der Waals surface area contributed by atoms with Crippen molar-refractivity contribution in [1.29, 1.82) is 0 Å². The van der Waals surface area contributed by atoms with Gasteiger partial charge in [0.25, 0.3) is 0 Å². The summed E-state index contributed by atoms with van der Waals surface area (Å²) >= 11 is 0. The highest BCUT2D eigenvalue weighted by atomic mass is 16.5. The van der Waals surface area contributed by atoms with E-state index < -0.39 is 11.4 Å². The fraction of sp³-hybridized carbons (Fsp3) is 0.364. The molecule has 1 aromatic carbocycles. The first-order valence-electron chi connectivity index (χ1n) is 4.71. The molecule has 2 rings (SSSR count). The van der Waals surface area contributed by atoms with Crippen LogP contribution in [0.15, 0.2) is 18.2 Å². The molecule has 4 nitrogen and oxygen atoms in total. The van der Waals surface area contributed by atoms with Crippen LogP contribution in [0.25, 0.3) is 0 Å². The van der Waals surface area contributed by atoms with Gasteiger partial charge in [0.05, 0.1) is 12.5 Å². The average molecular weight is 208 g/mol. The number of phenols is 1. The first kappa shape index (κ1) is 9.83. The standard InChI is InChI=1S/C11H12O4/c1-15-9-3-2-7(12)6-8(9)11(4-5-11)10(13)14/h2-3,6,12H,4-5H2,1H3,(H,13,14). The predicted octanol–water partition coefficient (Wildman–Crippen LogP) is 1.52. The molecule has 0 aromatic heterocycles. The van der Waals surface area contributed by atoms with E-state index in [1.54, 1.807) is 6.07 Å². The van der Waals surface area contributed by atoms with E-state index in [0.717, 1.165) is 0 Å². The van der Waals surface area contributed by atoms with Crippen molar-refractivity contribution in [1.82, 2.24) is 0 Å². The van der Waals surface area contributed by atoms with Crippen LogP contribution in [-0.4, -0.2) is 23.3 Å². The number of benzene rings is 1. The molecule has 0 amide bonds. The van der Waals surface area contributed by atoms with Gasteiger partial charge in [-0.05, 0) is 31.0 Å². The lowest BCUT2D eigenvalue weighted by molar-refractivity contribution is -0.140. The van der Waals surface area contributed by atoms with Crippen molar-refractivity contribution in [2.45, 2.75) is 18.3 Å². The quantitative estimate of drug-likeness (QED) is 0.790. The zero-order chi connectivity index (χ0) is 11.1. The highest BCUT2D eigenvalue weighted by Crippen LogP contribution is 2.52. The third-order valence-corrected chi connectivity index (χ3v) is 2.86. The van der Waals surface area contributed by atoms with Gasteiger partial charge in [-0.25, -0.2) is 0 Å². The molecular weight excluding hydrogens is 196 g/mol. The molecule has 4 heteroatoms. The minimum Gasteiger partial charge on any atom is -0.508 e. The van der Waals surface area contributed by atoms with Gasteiger partial charge in [-0.15, -0.1) is 0 Å². The maximum Gasteiger partial charge on any atom is 0.314 e. The molecule has 1 saturated carbocycles. The van der Waals surface area contributed by atoms with Crippen molar-refractivity contribution in [3.8, 4) is 11.5 Å². The summed E-state index contributed by atoms with van der Waals surface area (Å²) in [6.07, 6.45) is 1.20. The molecule has 80 valence electrons. The van der Waals surface area contributed by atoms with Crippen LogP contribution in [0.4, 0.5) is 0 Å². The van der Waals surface area contributed by atoms with Gasteiger partial charge >= 0.3 is 5.97 Å². The fourth-order valence-electron chi connectivity index (χ4n) is 1.79. The Hall–Kier alpha value is -1.71. The number of rotatable bonds is 3. The summed E-state index contributed by atoms with van der Waals surface area (Å²) < 4.78 is 5.10. The van der Waals surface area contributed by atoms with E-state index in [-0.39, 0.29) is 5.75 Å². The third kappa shape index (κ3) is 1.42. The molecule has 0 bridgehead atoms. The van der Waals surface area contributed by atoms with E-state index in [4.69, 9.17) is 9.84 Å². The molecule has 0 heterocycles. The number of phenolic OH excluding ortho intramolecular Hbond substituents is 1. The minimum atomic E-state index is -0.855. The molecule has 1 aromatic rings. The van der Waals surface area contributed by atoms with E-state index in [0.29, 0.717) is 24.2 Å². The first-order chi connectivity index (χ1) is 7.10. The summed E-state index contributed by atoms with van der Waals surface area (Å²) in [6, 6.07) is 4.55. The number of carboxylic acids is 1. The highest BCUT2D eigenvalue weighted by Gasteiger charge is 2.53. The van der Waals surface area contributed by atoms with E-state index in [2.05, 4.69) is 0 Å². The molecule has 0 atom stereocenters. The van der Waals surface area contributed by atoms with Gasteiger partial charge in [0, 0.05) is 5.56 Å². The van der Waals surface area contributed by atoms with Crippen LogP contribution >= 0.6 is 0 Å². The number of hydrogen-bond donors (Lipinski definition) is 2. The Morgan fingerprint density at radius 3 is 2.60 bits per heavy atom. The fourth-order valence-corrected chi connectivity index (χ4v) is 1.79. The third-order valence-electron chi connectivity index (χ3n) is 2.86. The number of aromatic hydroxyl groups is 1. The largest absolute Gasteiger partial charge is 0.508 e. The maximum atomic E-state index is 11.1. The molecule has 0 radical (unpaired) electrons. The molecule has 1 aliphatic rings. The van der Waals surface area contributed by atoms with Crippen LogP contribution < -0.4 is 4.74 Å². The van der Waals surface area contributed by atoms with Gasteiger partial charge in [-0.2, -0.15) is 0 Å². The summed E-state index contributed by atoms with van der Waals surface area (Å²) in [7, 11) is 1.49. The Bertz CT molecular complexity index is 407. The molecule has 0 saturated heterocycles. The van der Waals surface area contributed by atoms with Crippen molar-refractivity contribution < 1.29 is 19.7 Å². The molecule has 1 fully saturated rings. The molecule has 0 spiro atoms. The molecule has 0 unspecified atom stereocenters. The lowest BCUT2D eigenvalue weighted by Crippen LogP contribution is -2.20.